The molecule has 0 amide bonds. The van der Waals surface area contributed by atoms with Crippen molar-refractivity contribution in [3.63, 3.8) is 0 Å². The van der Waals surface area contributed by atoms with E-state index in [2.05, 4.69) is 27.8 Å². The van der Waals surface area contributed by atoms with Crippen LogP contribution in [0.4, 0.5) is 0 Å². The zero-order valence-electron chi connectivity index (χ0n) is 10.1. The summed E-state index contributed by atoms with van der Waals surface area (Å²) in [6, 6.07) is 0. The molecule has 0 aliphatic rings. The number of hydrogen-bond donors (Lipinski definition) is 2. The molecule has 16 heavy (non-hydrogen) atoms. The van der Waals surface area contributed by atoms with Gasteiger partial charge in [0, 0.05) is 13.1 Å². The molecule has 0 aromatic rings. The molecular formula is C11H22IN3S. The maximum atomic E-state index is 5.17. The SMILES string of the molecule is C#CCNC(=NCCCCSC)NCC.I. The Morgan fingerprint density at radius 1 is 1.38 bits per heavy atom. The van der Waals surface area contributed by atoms with E-state index in [-0.39, 0.29) is 24.0 Å². The third-order valence-corrected chi connectivity index (χ3v) is 2.43. The number of thioether (sulfide) groups is 1. The fraction of sp³-hybridized carbons (Fsp3) is 0.727. The number of nitrogens with one attached hydrogen (secondary N) is 2. The molecule has 94 valence electrons. The van der Waals surface area contributed by atoms with Crippen molar-refractivity contribution >= 4 is 41.7 Å². The number of unbranched alkanes of at least 4 members (excludes halogenated alkanes) is 1. The minimum Gasteiger partial charge on any atom is -0.357 e. The van der Waals surface area contributed by atoms with Gasteiger partial charge < -0.3 is 10.6 Å². The van der Waals surface area contributed by atoms with Crippen molar-refractivity contribution in [1.82, 2.24) is 10.6 Å². The van der Waals surface area contributed by atoms with Crippen molar-refractivity contribution in [3.8, 4) is 12.3 Å². The van der Waals surface area contributed by atoms with Crippen LogP contribution >= 0.6 is 35.7 Å². The summed E-state index contributed by atoms with van der Waals surface area (Å²) < 4.78 is 0. The maximum Gasteiger partial charge on any atom is 0.192 e. The average Bonchev–Trinajstić information content (AvgIpc) is 2.25. The molecule has 0 saturated heterocycles. The van der Waals surface area contributed by atoms with Crippen LogP contribution in [0.15, 0.2) is 4.99 Å². The van der Waals surface area contributed by atoms with Crippen LogP contribution in [0.1, 0.15) is 19.8 Å². The number of rotatable bonds is 7. The molecule has 0 unspecified atom stereocenters. The molecule has 0 rings (SSSR count). The molecule has 0 heterocycles. The predicted octanol–water partition coefficient (Wildman–Crippen LogP) is 1.94. The topological polar surface area (TPSA) is 36.4 Å². The Balaban J connectivity index is 0. The van der Waals surface area contributed by atoms with E-state index in [9.17, 15) is 0 Å². The molecular weight excluding hydrogens is 333 g/mol. The Morgan fingerprint density at radius 3 is 2.69 bits per heavy atom. The average molecular weight is 355 g/mol. The highest BCUT2D eigenvalue weighted by Crippen LogP contribution is 1.98. The van der Waals surface area contributed by atoms with Gasteiger partial charge in [-0.25, -0.2) is 0 Å². The molecule has 0 aliphatic heterocycles. The lowest BCUT2D eigenvalue weighted by Gasteiger charge is -2.08. The largest absolute Gasteiger partial charge is 0.357 e. The molecule has 0 bridgehead atoms. The van der Waals surface area contributed by atoms with Crippen LogP contribution in [-0.4, -0.2) is 37.6 Å². The third kappa shape index (κ3) is 12.0. The predicted molar refractivity (Wildman–Crippen MR) is 85.8 cm³/mol. The fourth-order valence-electron chi connectivity index (χ4n) is 1.03. The van der Waals surface area contributed by atoms with Gasteiger partial charge in [0.15, 0.2) is 5.96 Å². The van der Waals surface area contributed by atoms with Crippen molar-refractivity contribution in [3.05, 3.63) is 0 Å². The van der Waals surface area contributed by atoms with E-state index in [1.807, 2.05) is 18.7 Å². The molecule has 0 atom stereocenters. The normalized spacial score (nSPS) is 10.2. The zero-order valence-corrected chi connectivity index (χ0v) is 13.2. The first-order valence-electron chi connectivity index (χ1n) is 5.29. The van der Waals surface area contributed by atoms with Crippen molar-refractivity contribution in [2.75, 3.05) is 31.6 Å². The van der Waals surface area contributed by atoms with E-state index >= 15 is 0 Å². The van der Waals surface area contributed by atoms with E-state index in [1.54, 1.807) is 0 Å². The van der Waals surface area contributed by atoms with Gasteiger partial charge in [-0.3, -0.25) is 4.99 Å². The molecule has 2 N–H and O–H groups in total. The summed E-state index contributed by atoms with van der Waals surface area (Å²) in [5.74, 6) is 4.56. The standard InChI is InChI=1S/C11H21N3S.HI/c1-4-8-13-11(12-5-2)14-9-6-7-10-15-3;/h1H,5-10H2,2-3H3,(H2,12,13,14);1H. The van der Waals surface area contributed by atoms with Gasteiger partial charge in [0.25, 0.3) is 0 Å². The molecule has 0 aliphatic carbocycles. The Labute approximate surface area is 121 Å². The van der Waals surface area contributed by atoms with Crippen LogP contribution in [-0.2, 0) is 0 Å². The van der Waals surface area contributed by atoms with E-state index < -0.39 is 0 Å². The summed E-state index contributed by atoms with van der Waals surface area (Å²) in [6.45, 7) is 4.29. The highest BCUT2D eigenvalue weighted by molar-refractivity contribution is 14.0. The summed E-state index contributed by atoms with van der Waals surface area (Å²) in [7, 11) is 0. The Morgan fingerprint density at radius 2 is 2.12 bits per heavy atom. The van der Waals surface area contributed by atoms with E-state index in [0.29, 0.717) is 6.54 Å². The second-order valence-electron chi connectivity index (χ2n) is 3.02. The van der Waals surface area contributed by atoms with Crippen LogP contribution in [0.5, 0.6) is 0 Å². The minimum absolute atomic E-state index is 0. The summed E-state index contributed by atoms with van der Waals surface area (Å²) in [6.07, 6.45) is 9.65. The fourth-order valence-corrected chi connectivity index (χ4v) is 1.52. The molecule has 3 nitrogen and oxygen atoms in total. The molecule has 0 saturated carbocycles. The summed E-state index contributed by atoms with van der Waals surface area (Å²) in [5, 5.41) is 6.21. The van der Waals surface area contributed by atoms with Gasteiger partial charge in [0.05, 0.1) is 6.54 Å². The molecule has 0 aromatic carbocycles. The maximum absolute atomic E-state index is 5.17. The molecule has 5 heteroatoms. The highest BCUT2D eigenvalue weighted by atomic mass is 127. The highest BCUT2D eigenvalue weighted by Gasteiger charge is 1.93. The third-order valence-electron chi connectivity index (χ3n) is 1.73. The number of hydrogen-bond acceptors (Lipinski definition) is 2. The zero-order chi connectivity index (χ0) is 11.4. The Kier molecular flexibility index (Phi) is 17.0. The van der Waals surface area contributed by atoms with Crippen LogP contribution < -0.4 is 10.6 Å². The molecule has 0 fully saturated rings. The van der Waals surface area contributed by atoms with E-state index in [1.165, 1.54) is 12.2 Å². The first-order chi connectivity index (χ1) is 7.35. The summed E-state index contributed by atoms with van der Waals surface area (Å²) in [5.41, 5.74) is 0. The Hall–Kier alpha value is -0.0900. The van der Waals surface area contributed by atoms with E-state index in [0.717, 1.165) is 25.5 Å². The van der Waals surface area contributed by atoms with E-state index in [4.69, 9.17) is 6.42 Å². The van der Waals surface area contributed by atoms with Crippen LogP contribution in [0.2, 0.25) is 0 Å². The first-order valence-corrected chi connectivity index (χ1v) is 6.69. The van der Waals surface area contributed by atoms with Gasteiger partial charge in [-0.05, 0) is 31.8 Å². The second-order valence-corrected chi connectivity index (χ2v) is 4.00. The monoisotopic (exact) mass is 355 g/mol. The number of nitrogens with zero attached hydrogens (tertiary/aromatic N) is 1. The summed E-state index contributed by atoms with van der Waals surface area (Å²) in [4.78, 5) is 4.41. The van der Waals surface area contributed by atoms with Crippen LogP contribution in [0.3, 0.4) is 0 Å². The number of aliphatic imine (C=N–C) groups is 1. The second kappa shape index (κ2) is 14.9. The van der Waals surface area contributed by atoms with Gasteiger partial charge in [0.1, 0.15) is 0 Å². The molecule has 0 spiro atoms. The first kappa shape index (κ1) is 18.3. The van der Waals surface area contributed by atoms with Gasteiger partial charge in [-0.2, -0.15) is 11.8 Å². The van der Waals surface area contributed by atoms with Gasteiger partial charge in [-0.15, -0.1) is 30.4 Å². The summed E-state index contributed by atoms with van der Waals surface area (Å²) >= 11 is 1.88. The lowest BCUT2D eigenvalue weighted by atomic mass is 10.3. The van der Waals surface area contributed by atoms with Crippen LogP contribution in [0, 0.1) is 12.3 Å². The van der Waals surface area contributed by atoms with Crippen LogP contribution in [0.25, 0.3) is 0 Å². The lowest BCUT2D eigenvalue weighted by Crippen LogP contribution is -2.37. The molecule has 0 aromatic heterocycles. The van der Waals surface area contributed by atoms with Crippen molar-refractivity contribution in [2.24, 2.45) is 4.99 Å². The smallest absolute Gasteiger partial charge is 0.192 e. The van der Waals surface area contributed by atoms with Crippen molar-refractivity contribution in [2.45, 2.75) is 19.8 Å². The molecule has 0 radical (unpaired) electrons. The van der Waals surface area contributed by atoms with Gasteiger partial charge in [0.2, 0.25) is 0 Å². The number of guanidine groups is 1. The lowest BCUT2D eigenvalue weighted by molar-refractivity contribution is 0.792. The number of terminal acetylenes is 1. The number of halogens is 1. The van der Waals surface area contributed by atoms with Gasteiger partial charge in [-0.1, -0.05) is 5.92 Å². The van der Waals surface area contributed by atoms with Crippen molar-refractivity contribution < 1.29 is 0 Å². The Bertz CT molecular complexity index is 214. The quantitative estimate of drug-likeness (QED) is 0.241. The van der Waals surface area contributed by atoms with Gasteiger partial charge >= 0.3 is 0 Å². The minimum atomic E-state index is 0. The van der Waals surface area contributed by atoms with Crippen molar-refractivity contribution in [1.29, 1.82) is 0 Å².